The highest BCUT2D eigenvalue weighted by atomic mass is 79.9. The number of benzene rings is 1. The van der Waals surface area contributed by atoms with Gasteiger partial charge in [0.05, 0.1) is 4.47 Å². The number of H-pyrrole nitrogens is 1. The zero-order valence-electron chi connectivity index (χ0n) is 8.11. The first-order chi connectivity index (χ1) is 7.52. The average Bonchev–Trinajstić information content (AvgIpc) is 2.58. The number of halogens is 4. The highest BCUT2D eigenvalue weighted by Crippen LogP contribution is 2.31. The maximum atomic E-state index is 13.4. The van der Waals surface area contributed by atoms with Gasteiger partial charge in [-0.15, -0.1) is 0 Å². The Kier molecular flexibility index (Phi) is 2.75. The Labute approximate surface area is 97.6 Å². The van der Waals surface area contributed by atoms with Gasteiger partial charge in [-0.3, -0.25) is 5.10 Å². The van der Waals surface area contributed by atoms with E-state index in [9.17, 15) is 13.2 Å². The van der Waals surface area contributed by atoms with E-state index in [-0.39, 0.29) is 11.3 Å². The van der Waals surface area contributed by atoms with Gasteiger partial charge in [-0.1, -0.05) is 0 Å². The van der Waals surface area contributed by atoms with Crippen molar-refractivity contribution in [2.75, 3.05) is 0 Å². The van der Waals surface area contributed by atoms with Crippen molar-refractivity contribution in [1.82, 2.24) is 10.2 Å². The third-order valence-electron chi connectivity index (χ3n) is 2.16. The van der Waals surface area contributed by atoms with Crippen molar-refractivity contribution < 1.29 is 13.2 Å². The van der Waals surface area contributed by atoms with E-state index in [1.54, 1.807) is 6.92 Å². The molecule has 6 heteroatoms. The molecule has 2 rings (SSSR count). The fourth-order valence-corrected chi connectivity index (χ4v) is 1.69. The first kappa shape index (κ1) is 11.2. The SMILES string of the molecule is Cc1[nH]nc(-c2ccc(F)c(F)c2F)c1Br. The summed E-state index contributed by atoms with van der Waals surface area (Å²) in [5.74, 6) is -3.96. The smallest absolute Gasteiger partial charge is 0.195 e. The van der Waals surface area contributed by atoms with Gasteiger partial charge in [-0.25, -0.2) is 13.2 Å². The van der Waals surface area contributed by atoms with Crippen LogP contribution in [0.5, 0.6) is 0 Å². The van der Waals surface area contributed by atoms with Gasteiger partial charge in [0.1, 0.15) is 5.69 Å². The molecule has 0 radical (unpaired) electrons. The highest BCUT2D eigenvalue weighted by Gasteiger charge is 2.19. The highest BCUT2D eigenvalue weighted by molar-refractivity contribution is 9.10. The van der Waals surface area contributed by atoms with Gasteiger partial charge in [0.25, 0.3) is 0 Å². The minimum absolute atomic E-state index is 0.0878. The van der Waals surface area contributed by atoms with Crippen molar-refractivity contribution in [1.29, 1.82) is 0 Å². The van der Waals surface area contributed by atoms with Gasteiger partial charge in [-0.2, -0.15) is 5.10 Å². The third kappa shape index (κ3) is 1.63. The van der Waals surface area contributed by atoms with E-state index in [0.717, 1.165) is 12.1 Å². The van der Waals surface area contributed by atoms with Gasteiger partial charge in [0.2, 0.25) is 0 Å². The molecule has 0 unspecified atom stereocenters. The Bertz CT molecular complexity index is 551. The molecule has 84 valence electrons. The second-order valence-electron chi connectivity index (χ2n) is 3.23. The minimum atomic E-state index is -1.50. The van der Waals surface area contributed by atoms with Gasteiger partial charge in [0, 0.05) is 11.3 Å². The van der Waals surface area contributed by atoms with E-state index >= 15 is 0 Å². The van der Waals surface area contributed by atoms with Crippen LogP contribution in [0.4, 0.5) is 13.2 Å². The van der Waals surface area contributed by atoms with Crippen molar-refractivity contribution in [3.8, 4) is 11.3 Å². The van der Waals surface area contributed by atoms with Crippen molar-refractivity contribution in [2.45, 2.75) is 6.92 Å². The fourth-order valence-electron chi connectivity index (χ4n) is 1.30. The molecular formula is C10H6BrF3N2. The molecule has 0 spiro atoms. The van der Waals surface area contributed by atoms with E-state index in [0.29, 0.717) is 10.2 Å². The fraction of sp³-hybridized carbons (Fsp3) is 0.100. The summed E-state index contributed by atoms with van der Waals surface area (Å²) in [6.07, 6.45) is 0. The van der Waals surface area contributed by atoms with Crippen LogP contribution in [0.3, 0.4) is 0 Å². The molecule has 0 amide bonds. The van der Waals surface area contributed by atoms with Crippen LogP contribution in [0, 0.1) is 24.4 Å². The summed E-state index contributed by atoms with van der Waals surface area (Å²) in [6, 6.07) is 2.01. The number of rotatable bonds is 1. The van der Waals surface area contributed by atoms with Crippen LogP contribution in [0.2, 0.25) is 0 Å². The Morgan fingerprint density at radius 1 is 1.19 bits per heavy atom. The zero-order valence-corrected chi connectivity index (χ0v) is 9.70. The Morgan fingerprint density at radius 2 is 1.88 bits per heavy atom. The van der Waals surface area contributed by atoms with Gasteiger partial charge >= 0.3 is 0 Å². The van der Waals surface area contributed by atoms with E-state index in [2.05, 4.69) is 26.1 Å². The molecule has 1 aromatic heterocycles. The second kappa shape index (κ2) is 3.93. The monoisotopic (exact) mass is 290 g/mol. The van der Waals surface area contributed by atoms with Crippen LogP contribution >= 0.6 is 15.9 Å². The number of hydrogen-bond acceptors (Lipinski definition) is 1. The van der Waals surface area contributed by atoms with Crippen molar-refractivity contribution in [3.63, 3.8) is 0 Å². The molecule has 2 nitrogen and oxygen atoms in total. The summed E-state index contributed by atoms with van der Waals surface area (Å²) in [6.45, 7) is 1.72. The van der Waals surface area contributed by atoms with Gasteiger partial charge in [-0.05, 0) is 35.0 Å². The minimum Gasteiger partial charge on any atom is -0.281 e. The molecule has 0 aliphatic heterocycles. The number of hydrogen-bond donors (Lipinski definition) is 1. The van der Waals surface area contributed by atoms with E-state index in [1.807, 2.05) is 0 Å². The molecule has 1 aromatic carbocycles. The van der Waals surface area contributed by atoms with Gasteiger partial charge < -0.3 is 0 Å². The van der Waals surface area contributed by atoms with Crippen molar-refractivity contribution >= 4 is 15.9 Å². The number of nitrogens with zero attached hydrogens (tertiary/aromatic N) is 1. The first-order valence-corrected chi connectivity index (χ1v) is 5.16. The summed E-state index contributed by atoms with van der Waals surface area (Å²) in [5, 5.41) is 6.43. The topological polar surface area (TPSA) is 28.7 Å². The maximum absolute atomic E-state index is 13.4. The van der Waals surface area contributed by atoms with Crippen LogP contribution in [-0.2, 0) is 0 Å². The molecule has 0 saturated carbocycles. The molecule has 0 atom stereocenters. The zero-order chi connectivity index (χ0) is 11.9. The third-order valence-corrected chi connectivity index (χ3v) is 3.13. The lowest BCUT2D eigenvalue weighted by atomic mass is 10.1. The standard InChI is InChI=1S/C10H6BrF3N2/c1-4-7(11)10(16-15-4)5-2-3-6(12)9(14)8(5)13/h2-3H,1H3,(H,15,16). The summed E-state index contributed by atoms with van der Waals surface area (Å²) < 4.78 is 39.7. The Morgan fingerprint density at radius 3 is 2.44 bits per heavy atom. The van der Waals surface area contributed by atoms with Gasteiger partial charge in [0.15, 0.2) is 17.5 Å². The van der Waals surface area contributed by atoms with Crippen LogP contribution in [0.25, 0.3) is 11.3 Å². The molecule has 1 N–H and O–H groups in total. The summed E-state index contributed by atoms with van der Waals surface area (Å²) >= 11 is 3.19. The lowest BCUT2D eigenvalue weighted by Gasteiger charge is -2.02. The van der Waals surface area contributed by atoms with E-state index in [4.69, 9.17) is 0 Å². The molecular weight excluding hydrogens is 285 g/mol. The van der Waals surface area contributed by atoms with Crippen molar-refractivity contribution in [3.05, 3.63) is 39.8 Å². The number of aromatic nitrogens is 2. The first-order valence-electron chi connectivity index (χ1n) is 4.36. The molecule has 0 fully saturated rings. The lowest BCUT2D eigenvalue weighted by Crippen LogP contribution is -1.94. The average molecular weight is 291 g/mol. The van der Waals surface area contributed by atoms with Crippen LogP contribution in [0.1, 0.15) is 5.69 Å². The lowest BCUT2D eigenvalue weighted by molar-refractivity contribution is 0.449. The normalized spacial score (nSPS) is 10.8. The summed E-state index contributed by atoms with van der Waals surface area (Å²) in [5.41, 5.74) is 0.808. The summed E-state index contributed by atoms with van der Waals surface area (Å²) in [7, 11) is 0. The maximum Gasteiger partial charge on any atom is 0.195 e. The van der Waals surface area contributed by atoms with Crippen molar-refractivity contribution in [2.24, 2.45) is 0 Å². The quantitative estimate of drug-likeness (QED) is 0.799. The Balaban J connectivity index is 2.66. The number of aromatic amines is 1. The number of aryl methyl sites for hydroxylation is 1. The van der Waals surface area contributed by atoms with E-state index in [1.165, 1.54) is 0 Å². The molecule has 0 saturated heterocycles. The second-order valence-corrected chi connectivity index (χ2v) is 4.03. The largest absolute Gasteiger partial charge is 0.281 e. The summed E-state index contributed by atoms with van der Waals surface area (Å²) in [4.78, 5) is 0. The van der Waals surface area contributed by atoms with E-state index < -0.39 is 17.5 Å². The van der Waals surface area contributed by atoms with Crippen LogP contribution in [0.15, 0.2) is 16.6 Å². The Hall–Kier alpha value is -1.30. The molecule has 0 aliphatic rings. The molecule has 1 heterocycles. The predicted octanol–water partition coefficient (Wildman–Crippen LogP) is 3.56. The molecule has 0 bridgehead atoms. The predicted molar refractivity (Wildman–Crippen MR) is 56.3 cm³/mol. The number of nitrogens with one attached hydrogen (secondary N) is 1. The molecule has 16 heavy (non-hydrogen) atoms. The van der Waals surface area contributed by atoms with Crippen LogP contribution < -0.4 is 0 Å². The van der Waals surface area contributed by atoms with Crippen LogP contribution in [-0.4, -0.2) is 10.2 Å². The molecule has 2 aromatic rings. The molecule has 0 aliphatic carbocycles.